The molecule has 0 amide bonds. The number of hydrogen-bond acceptors (Lipinski definition) is 5. The van der Waals surface area contributed by atoms with Crippen LogP contribution < -0.4 is 10.2 Å². The Balaban J connectivity index is 1.81. The van der Waals surface area contributed by atoms with Gasteiger partial charge in [0.1, 0.15) is 0 Å². The highest BCUT2D eigenvalue weighted by molar-refractivity contribution is 9.10. The third-order valence-corrected chi connectivity index (χ3v) is 3.76. The van der Waals surface area contributed by atoms with Crippen molar-refractivity contribution in [3.8, 4) is 11.5 Å². The van der Waals surface area contributed by atoms with Gasteiger partial charge in [0.15, 0.2) is 11.5 Å². The summed E-state index contributed by atoms with van der Waals surface area (Å²) in [4.78, 5) is 7.52. The second kappa shape index (κ2) is 6.29. The lowest BCUT2D eigenvalue weighted by Gasteiger charge is -2.06. The molecule has 0 saturated heterocycles. The number of aromatic hydroxyl groups is 1. The SMILES string of the molecule is COc1cc(Br)cc(/C=N\Nc2nc3ccc(C)cc3[nH]2)c1O. The summed E-state index contributed by atoms with van der Waals surface area (Å²) in [6.07, 6.45) is 1.50. The maximum atomic E-state index is 10.1. The van der Waals surface area contributed by atoms with Gasteiger partial charge in [0.05, 0.1) is 24.4 Å². The number of aromatic amines is 1. The van der Waals surface area contributed by atoms with Crippen molar-refractivity contribution in [1.29, 1.82) is 0 Å². The van der Waals surface area contributed by atoms with Crippen molar-refractivity contribution < 1.29 is 9.84 Å². The van der Waals surface area contributed by atoms with Crippen LogP contribution in [-0.2, 0) is 0 Å². The molecule has 6 nitrogen and oxygen atoms in total. The van der Waals surface area contributed by atoms with Crippen molar-refractivity contribution in [2.75, 3.05) is 12.5 Å². The number of methoxy groups -OCH3 is 1. The van der Waals surface area contributed by atoms with Gasteiger partial charge in [-0.1, -0.05) is 22.0 Å². The van der Waals surface area contributed by atoms with Crippen LogP contribution >= 0.6 is 15.9 Å². The molecule has 0 unspecified atom stereocenters. The number of rotatable bonds is 4. The van der Waals surface area contributed by atoms with E-state index in [1.54, 1.807) is 12.1 Å². The number of aryl methyl sites for hydroxylation is 1. The number of imidazole rings is 1. The van der Waals surface area contributed by atoms with Gasteiger partial charge in [-0.15, -0.1) is 0 Å². The van der Waals surface area contributed by atoms with Crippen LogP contribution in [-0.4, -0.2) is 28.4 Å². The molecular formula is C16H15BrN4O2. The fraction of sp³-hybridized carbons (Fsp3) is 0.125. The molecule has 0 aliphatic carbocycles. The minimum atomic E-state index is 0.0291. The monoisotopic (exact) mass is 374 g/mol. The molecule has 0 atom stereocenters. The van der Waals surface area contributed by atoms with Gasteiger partial charge in [0.2, 0.25) is 5.95 Å². The predicted octanol–water partition coefficient (Wildman–Crippen LogP) is 3.79. The average Bonchev–Trinajstić information content (AvgIpc) is 2.92. The lowest BCUT2D eigenvalue weighted by atomic mass is 10.2. The van der Waals surface area contributed by atoms with Crippen LogP contribution in [0.2, 0.25) is 0 Å². The minimum Gasteiger partial charge on any atom is -0.504 e. The van der Waals surface area contributed by atoms with E-state index in [-0.39, 0.29) is 5.75 Å². The smallest absolute Gasteiger partial charge is 0.222 e. The highest BCUT2D eigenvalue weighted by Crippen LogP contribution is 2.32. The van der Waals surface area contributed by atoms with E-state index in [1.165, 1.54) is 13.3 Å². The van der Waals surface area contributed by atoms with E-state index in [4.69, 9.17) is 4.74 Å². The molecule has 7 heteroatoms. The Kier molecular flexibility index (Phi) is 4.20. The maximum absolute atomic E-state index is 10.1. The molecular weight excluding hydrogens is 360 g/mol. The third-order valence-electron chi connectivity index (χ3n) is 3.30. The van der Waals surface area contributed by atoms with Gasteiger partial charge in [0, 0.05) is 10.0 Å². The standard InChI is InChI=1S/C16H15BrN4O2/c1-9-3-4-12-13(5-9)20-16(19-12)21-18-8-10-6-11(17)7-14(23-2)15(10)22/h3-8,22H,1-2H3,(H2,19,20,21)/b18-8-. The summed E-state index contributed by atoms with van der Waals surface area (Å²) < 4.78 is 5.89. The second-order valence-corrected chi connectivity index (χ2v) is 5.94. The van der Waals surface area contributed by atoms with Crippen LogP contribution in [0.3, 0.4) is 0 Å². The highest BCUT2D eigenvalue weighted by atomic mass is 79.9. The molecule has 1 aromatic heterocycles. The van der Waals surface area contributed by atoms with Crippen LogP contribution in [0.4, 0.5) is 5.95 Å². The second-order valence-electron chi connectivity index (χ2n) is 5.02. The molecule has 0 radical (unpaired) electrons. The number of H-pyrrole nitrogens is 1. The molecule has 2 aromatic carbocycles. The summed E-state index contributed by atoms with van der Waals surface area (Å²) in [7, 11) is 1.50. The summed E-state index contributed by atoms with van der Waals surface area (Å²) in [5.41, 5.74) is 6.30. The molecule has 0 spiro atoms. The first-order valence-corrected chi connectivity index (χ1v) is 7.68. The summed E-state index contributed by atoms with van der Waals surface area (Å²) in [6, 6.07) is 9.39. The average molecular weight is 375 g/mol. The first-order chi connectivity index (χ1) is 11.1. The van der Waals surface area contributed by atoms with Crippen LogP contribution in [0, 0.1) is 6.92 Å². The number of hydrazone groups is 1. The number of nitrogens with zero attached hydrogens (tertiary/aromatic N) is 2. The van der Waals surface area contributed by atoms with Crippen LogP contribution in [0.15, 0.2) is 39.9 Å². The molecule has 0 aliphatic heterocycles. The predicted molar refractivity (Wildman–Crippen MR) is 94.4 cm³/mol. The topological polar surface area (TPSA) is 82.5 Å². The van der Waals surface area contributed by atoms with E-state index < -0.39 is 0 Å². The number of phenols is 1. The number of anilines is 1. The summed E-state index contributed by atoms with van der Waals surface area (Å²) >= 11 is 3.36. The highest BCUT2D eigenvalue weighted by Gasteiger charge is 2.08. The van der Waals surface area contributed by atoms with Crippen molar-refractivity contribution in [2.24, 2.45) is 5.10 Å². The molecule has 23 heavy (non-hydrogen) atoms. The lowest BCUT2D eigenvalue weighted by Crippen LogP contribution is -1.94. The quantitative estimate of drug-likeness (QED) is 0.479. The van der Waals surface area contributed by atoms with Crippen LogP contribution in [0.5, 0.6) is 11.5 Å². The number of halogens is 1. The summed E-state index contributed by atoms with van der Waals surface area (Å²) in [5.74, 6) is 0.935. The van der Waals surface area contributed by atoms with E-state index in [0.29, 0.717) is 17.3 Å². The minimum absolute atomic E-state index is 0.0291. The number of hydrogen-bond donors (Lipinski definition) is 3. The maximum Gasteiger partial charge on any atom is 0.222 e. The van der Waals surface area contributed by atoms with Crippen LogP contribution in [0.1, 0.15) is 11.1 Å². The van der Waals surface area contributed by atoms with E-state index in [9.17, 15) is 5.11 Å². The molecule has 0 saturated carbocycles. The van der Waals surface area contributed by atoms with Crippen molar-refractivity contribution in [2.45, 2.75) is 6.92 Å². The van der Waals surface area contributed by atoms with Gasteiger partial charge in [0.25, 0.3) is 0 Å². The summed E-state index contributed by atoms with van der Waals surface area (Å²) in [6.45, 7) is 2.02. The Bertz CT molecular complexity index is 889. The number of benzene rings is 2. The van der Waals surface area contributed by atoms with Gasteiger partial charge in [-0.2, -0.15) is 5.10 Å². The zero-order chi connectivity index (χ0) is 16.4. The Morgan fingerprint density at radius 2 is 2.17 bits per heavy atom. The van der Waals surface area contributed by atoms with Crippen molar-refractivity contribution in [3.63, 3.8) is 0 Å². The first-order valence-electron chi connectivity index (χ1n) is 6.89. The van der Waals surface area contributed by atoms with Gasteiger partial charge in [-0.25, -0.2) is 10.4 Å². The zero-order valence-electron chi connectivity index (χ0n) is 12.6. The Morgan fingerprint density at radius 1 is 1.35 bits per heavy atom. The van der Waals surface area contributed by atoms with Crippen molar-refractivity contribution in [3.05, 3.63) is 45.9 Å². The van der Waals surface area contributed by atoms with E-state index in [1.807, 2.05) is 25.1 Å². The van der Waals surface area contributed by atoms with Gasteiger partial charge >= 0.3 is 0 Å². The number of phenolic OH excluding ortho intramolecular Hbond substituents is 1. The van der Waals surface area contributed by atoms with Gasteiger partial charge < -0.3 is 14.8 Å². The number of nitrogens with one attached hydrogen (secondary N) is 2. The summed E-state index contributed by atoms with van der Waals surface area (Å²) in [5, 5.41) is 14.2. The molecule has 0 fully saturated rings. The lowest BCUT2D eigenvalue weighted by molar-refractivity contribution is 0.373. The van der Waals surface area contributed by atoms with Gasteiger partial charge in [-0.05, 0) is 36.8 Å². The Morgan fingerprint density at radius 3 is 2.96 bits per heavy atom. The molecule has 118 valence electrons. The number of ether oxygens (including phenoxy) is 1. The van der Waals surface area contributed by atoms with Crippen molar-refractivity contribution >= 4 is 39.1 Å². The molecule has 3 aromatic rings. The van der Waals surface area contributed by atoms with Gasteiger partial charge in [-0.3, -0.25) is 0 Å². The largest absolute Gasteiger partial charge is 0.504 e. The first kappa shape index (κ1) is 15.4. The molecule has 3 N–H and O–H groups in total. The van der Waals surface area contributed by atoms with E-state index in [0.717, 1.165) is 21.1 Å². The van der Waals surface area contributed by atoms with Crippen LogP contribution in [0.25, 0.3) is 11.0 Å². The van der Waals surface area contributed by atoms with E-state index in [2.05, 4.69) is 36.4 Å². The number of aromatic nitrogens is 2. The van der Waals surface area contributed by atoms with Crippen molar-refractivity contribution in [1.82, 2.24) is 9.97 Å². The fourth-order valence-electron chi connectivity index (χ4n) is 2.19. The molecule has 0 bridgehead atoms. The molecule has 1 heterocycles. The zero-order valence-corrected chi connectivity index (χ0v) is 14.2. The fourth-order valence-corrected chi connectivity index (χ4v) is 2.64. The number of fused-ring (bicyclic) bond motifs is 1. The van der Waals surface area contributed by atoms with E-state index >= 15 is 0 Å². The molecule has 0 aliphatic rings. The Hall–Kier alpha value is -2.54. The molecule has 3 rings (SSSR count). The third kappa shape index (κ3) is 3.29. The Labute approximate surface area is 141 Å². The normalized spacial score (nSPS) is 11.3.